The van der Waals surface area contributed by atoms with Crippen LogP contribution in [0.3, 0.4) is 0 Å². The lowest BCUT2D eigenvalue weighted by atomic mass is 10.0. The molecule has 0 aliphatic carbocycles. The van der Waals surface area contributed by atoms with E-state index in [1.54, 1.807) is 0 Å². The Balaban J connectivity index is 3.80. The number of allylic oxidation sites excluding steroid dienone is 6. The van der Waals surface area contributed by atoms with Gasteiger partial charge in [-0.05, 0) is 64.2 Å². The number of rotatable bonds is 30. The summed E-state index contributed by atoms with van der Waals surface area (Å²) in [5.74, 6) is -0.170. The molecule has 41 heavy (non-hydrogen) atoms. The second-order valence-corrected chi connectivity index (χ2v) is 11.7. The molecule has 1 amide bonds. The van der Waals surface area contributed by atoms with E-state index in [1.165, 1.54) is 89.9 Å². The molecule has 0 rings (SSSR count). The summed E-state index contributed by atoms with van der Waals surface area (Å²) in [5, 5.41) is 33.2. The summed E-state index contributed by atoms with van der Waals surface area (Å²) in [6, 6.07) is -0.829. The molecule has 0 saturated carbocycles. The molecule has 4 N–H and O–H groups in total. The Morgan fingerprint density at radius 3 is 1.61 bits per heavy atom. The van der Waals surface area contributed by atoms with Crippen LogP contribution in [-0.2, 0) is 4.79 Å². The van der Waals surface area contributed by atoms with Crippen LogP contribution >= 0.6 is 0 Å². The van der Waals surface area contributed by atoms with E-state index in [-0.39, 0.29) is 12.5 Å². The van der Waals surface area contributed by atoms with Crippen LogP contribution in [0.15, 0.2) is 36.5 Å². The van der Waals surface area contributed by atoms with Crippen molar-refractivity contribution in [1.82, 2.24) is 5.32 Å². The molecule has 0 aromatic heterocycles. The normalized spacial score (nSPS) is 14.4. The van der Waals surface area contributed by atoms with Crippen LogP contribution < -0.4 is 5.32 Å². The van der Waals surface area contributed by atoms with E-state index in [9.17, 15) is 20.1 Å². The maximum atomic E-state index is 12.3. The van der Waals surface area contributed by atoms with E-state index in [4.69, 9.17) is 0 Å². The van der Waals surface area contributed by atoms with Crippen LogP contribution in [0.1, 0.15) is 162 Å². The van der Waals surface area contributed by atoms with Gasteiger partial charge in [-0.1, -0.05) is 127 Å². The van der Waals surface area contributed by atoms with Crippen molar-refractivity contribution in [2.24, 2.45) is 0 Å². The van der Waals surface area contributed by atoms with Crippen LogP contribution in [-0.4, -0.2) is 46.1 Å². The molecule has 0 bridgehead atoms. The number of nitrogens with one attached hydrogen (secondary N) is 1. The summed E-state index contributed by atoms with van der Waals surface area (Å²) in [6.45, 7) is 4.09. The minimum atomic E-state index is -1.16. The van der Waals surface area contributed by atoms with E-state index in [1.807, 2.05) is 0 Å². The van der Waals surface area contributed by atoms with Crippen molar-refractivity contribution in [3.05, 3.63) is 36.5 Å². The average Bonchev–Trinajstić information content (AvgIpc) is 2.97. The van der Waals surface area contributed by atoms with Gasteiger partial charge in [-0.2, -0.15) is 0 Å². The minimum Gasteiger partial charge on any atom is -0.394 e. The van der Waals surface area contributed by atoms with E-state index < -0.39 is 18.2 Å². The lowest BCUT2D eigenvalue weighted by molar-refractivity contribution is -0.124. The van der Waals surface area contributed by atoms with Crippen molar-refractivity contribution in [3.63, 3.8) is 0 Å². The molecule has 0 aromatic carbocycles. The van der Waals surface area contributed by atoms with E-state index in [0.29, 0.717) is 12.8 Å². The topological polar surface area (TPSA) is 89.8 Å². The molecule has 0 saturated heterocycles. The van der Waals surface area contributed by atoms with Gasteiger partial charge in [0.05, 0.1) is 18.8 Å². The zero-order valence-corrected chi connectivity index (χ0v) is 26.9. The Morgan fingerprint density at radius 1 is 0.610 bits per heavy atom. The molecular formula is C36H67NO4. The van der Waals surface area contributed by atoms with Crippen LogP contribution in [0.2, 0.25) is 0 Å². The van der Waals surface area contributed by atoms with Crippen molar-refractivity contribution in [2.75, 3.05) is 6.61 Å². The van der Waals surface area contributed by atoms with Gasteiger partial charge in [0, 0.05) is 6.42 Å². The summed E-state index contributed by atoms with van der Waals surface area (Å²) in [7, 11) is 0. The number of carbonyl (C=O) groups is 1. The molecule has 0 heterocycles. The molecule has 240 valence electrons. The van der Waals surface area contributed by atoms with Gasteiger partial charge in [-0.3, -0.25) is 4.79 Å². The van der Waals surface area contributed by atoms with Gasteiger partial charge in [0.15, 0.2) is 0 Å². The largest absolute Gasteiger partial charge is 0.394 e. The fourth-order valence-corrected chi connectivity index (χ4v) is 4.97. The number of aliphatic hydroxyl groups excluding tert-OH is 3. The fraction of sp³-hybridized carbons (Fsp3) is 0.806. The summed E-state index contributed by atoms with van der Waals surface area (Å²) in [5.41, 5.74) is 0. The van der Waals surface area contributed by atoms with Crippen LogP contribution in [0, 0.1) is 0 Å². The Bertz CT molecular complexity index is 645. The van der Waals surface area contributed by atoms with Gasteiger partial charge < -0.3 is 20.6 Å². The maximum Gasteiger partial charge on any atom is 0.220 e. The monoisotopic (exact) mass is 578 g/mol. The molecular weight excluding hydrogens is 510 g/mol. The first kappa shape index (κ1) is 39.6. The smallest absolute Gasteiger partial charge is 0.220 e. The Labute approximate surface area is 254 Å². The molecule has 0 fully saturated rings. The number of amides is 1. The van der Waals surface area contributed by atoms with E-state index >= 15 is 0 Å². The molecule has 0 aliphatic heterocycles. The Hall–Kier alpha value is -1.43. The van der Waals surface area contributed by atoms with Crippen LogP contribution in [0.25, 0.3) is 0 Å². The molecule has 0 spiro atoms. The van der Waals surface area contributed by atoms with E-state index in [2.05, 4.69) is 55.6 Å². The Kier molecular flexibility index (Phi) is 30.4. The van der Waals surface area contributed by atoms with Gasteiger partial charge in [0.25, 0.3) is 0 Å². The van der Waals surface area contributed by atoms with Crippen LogP contribution in [0.5, 0.6) is 0 Å². The summed E-state index contributed by atoms with van der Waals surface area (Å²) >= 11 is 0. The van der Waals surface area contributed by atoms with Crippen molar-refractivity contribution < 1.29 is 20.1 Å². The number of carbonyl (C=O) groups excluding carboxylic acids is 1. The lowest BCUT2D eigenvalue weighted by Crippen LogP contribution is -2.50. The van der Waals surface area contributed by atoms with Crippen molar-refractivity contribution in [2.45, 2.75) is 180 Å². The second kappa shape index (κ2) is 31.5. The molecule has 0 aliphatic rings. The average molecular weight is 578 g/mol. The van der Waals surface area contributed by atoms with Crippen molar-refractivity contribution in [3.8, 4) is 0 Å². The third-order valence-electron chi connectivity index (χ3n) is 7.74. The molecule has 0 aromatic rings. The third kappa shape index (κ3) is 27.2. The molecule has 0 radical (unpaired) electrons. The standard InChI is InChI=1S/C36H67NO4/c1-3-5-7-9-11-13-15-17-18-19-21-23-25-27-29-31-35(40)37-33(32-38)36(41)34(39)30-28-26-24-22-20-16-14-12-10-8-6-4-2/h11,13,15,17,22,24,33-34,36,38-39,41H,3-10,12,14,16,18-21,23,25-32H2,1-2H3,(H,37,40)/b13-11-,17-15-,24-22+. The summed E-state index contributed by atoms with van der Waals surface area (Å²) < 4.78 is 0. The number of unbranched alkanes of at least 4 members (excludes halogenated alkanes) is 17. The van der Waals surface area contributed by atoms with Gasteiger partial charge in [0.2, 0.25) is 5.91 Å². The lowest BCUT2D eigenvalue weighted by Gasteiger charge is -2.26. The molecule has 5 nitrogen and oxygen atoms in total. The van der Waals surface area contributed by atoms with Gasteiger partial charge in [0.1, 0.15) is 6.10 Å². The molecule has 3 unspecified atom stereocenters. The van der Waals surface area contributed by atoms with Gasteiger partial charge in [-0.25, -0.2) is 0 Å². The van der Waals surface area contributed by atoms with Crippen LogP contribution in [0.4, 0.5) is 0 Å². The predicted octanol–water partition coefficient (Wildman–Crippen LogP) is 8.87. The zero-order chi connectivity index (χ0) is 30.2. The highest BCUT2D eigenvalue weighted by Crippen LogP contribution is 2.13. The van der Waals surface area contributed by atoms with Crippen molar-refractivity contribution in [1.29, 1.82) is 0 Å². The Morgan fingerprint density at radius 2 is 1.05 bits per heavy atom. The molecule has 5 heteroatoms. The summed E-state index contributed by atoms with van der Waals surface area (Å²) in [4.78, 5) is 12.3. The van der Waals surface area contributed by atoms with Gasteiger partial charge >= 0.3 is 0 Å². The number of hydrogen-bond acceptors (Lipinski definition) is 4. The quantitative estimate of drug-likeness (QED) is 0.0390. The fourth-order valence-electron chi connectivity index (χ4n) is 4.97. The minimum absolute atomic E-state index is 0.170. The highest BCUT2D eigenvalue weighted by molar-refractivity contribution is 5.76. The SMILES string of the molecule is CCCCC/C=C\C=C/CCCCCCCCC(=O)NC(CO)C(O)C(O)CCC/C=C/CCCCCCCCC. The first-order valence-electron chi connectivity index (χ1n) is 17.3. The summed E-state index contributed by atoms with van der Waals surface area (Å²) in [6.07, 6.45) is 36.6. The van der Waals surface area contributed by atoms with Crippen molar-refractivity contribution >= 4 is 5.91 Å². The van der Waals surface area contributed by atoms with Gasteiger partial charge in [-0.15, -0.1) is 0 Å². The van der Waals surface area contributed by atoms with E-state index in [0.717, 1.165) is 44.9 Å². The highest BCUT2D eigenvalue weighted by atomic mass is 16.3. The second-order valence-electron chi connectivity index (χ2n) is 11.7. The third-order valence-corrected chi connectivity index (χ3v) is 7.74. The first-order chi connectivity index (χ1) is 20.1. The number of hydrogen-bond donors (Lipinski definition) is 4. The number of aliphatic hydroxyl groups is 3. The zero-order valence-electron chi connectivity index (χ0n) is 26.9. The molecule has 3 atom stereocenters. The first-order valence-corrected chi connectivity index (χ1v) is 17.3. The highest BCUT2D eigenvalue weighted by Gasteiger charge is 2.26. The maximum absolute atomic E-state index is 12.3. The predicted molar refractivity (Wildman–Crippen MR) is 176 cm³/mol.